The molecule has 2 aliphatic rings. The molecule has 0 amide bonds. The number of methoxy groups -OCH3 is 1. The summed E-state index contributed by atoms with van der Waals surface area (Å²) in [5.74, 6) is 2.62. The van der Waals surface area contributed by atoms with E-state index in [9.17, 15) is 0 Å². The number of nitrogens with zero attached hydrogens (tertiary/aromatic N) is 3. The third-order valence-corrected chi connectivity index (χ3v) is 6.70. The van der Waals surface area contributed by atoms with E-state index in [0.29, 0.717) is 5.92 Å². The van der Waals surface area contributed by atoms with Gasteiger partial charge in [0, 0.05) is 24.6 Å². The van der Waals surface area contributed by atoms with Crippen molar-refractivity contribution in [2.45, 2.75) is 44.6 Å². The third-order valence-electron chi connectivity index (χ3n) is 6.70. The van der Waals surface area contributed by atoms with E-state index in [1.54, 1.807) is 7.11 Å². The number of benzene rings is 2. The molecule has 0 unspecified atom stereocenters. The van der Waals surface area contributed by atoms with Crippen molar-refractivity contribution >= 4 is 5.82 Å². The SMILES string of the molecule is COc1ccc(-n2nc(C3CCN(Cc4ccccc4)CC3)c3c2NCCCC3)cc1. The van der Waals surface area contributed by atoms with Gasteiger partial charge in [-0.15, -0.1) is 0 Å². The molecule has 1 N–H and O–H groups in total. The summed E-state index contributed by atoms with van der Waals surface area (Å²) in [5.41, 5.74) is 5.26. The maximum atomic E-state index is 5.34. The lowest BCUT2D eigenvalue weighted by molar-refractivity contribution is 0.203. The zero-order valence-electron chi connectivity index (χ0n) is 18.4. The Bertz CT molecular complexity index is 988. The van der Waals surface area contributed by atoms with Crippen LogP contribution in [0.5, 0.6) is 5.75 Å². The molecule has 1 fully saturated rings. The van der Waals surface area contributed by atoms with Gasteiger partial charge in [0.25, 0.3) is 0 Å². The standard InChI is InChI=1S/C26H32N4O/c1-31-23-12-10-22(11-13-23)30-26-24(9-5-6-16-27-26)25(28-30)21-14-17-29(18-15-21)19-20-7-3-2-4-8-20/h2-4,7-8,10-13,21,27H,5-6,9,14-19H2,1H3. The minimum absolute atomic E-state index is 0.542. The summed E-state index contributed by atoms with van der Waals surface area (Å²) in [6.07, 6.45) is 5.93. The zero-order valence-corrected chi connectivity index (χ0v) is 18.4. The Kier molecular flexibility index (Phi) is 5.94. The second kappa shape index (κ2) is 9.15. The minimum atomic E-state index is 0.542. The molecule has 0 atom stereocenters. The lowest BCUT2D eigenvalue weighted by Crippen LogP contribution is -2.32. The molecule has 2 aromatic carbocycles. The van der Waals surface area contributed by atoms with Crippen LogP contribution in [0.2, 0.25) is 0 Å². The zero-order chi connectivity index (χ0) is 21.0. The second-order valence-electron chi connectivity index (χ2n) is 8.74. The number of aromatic nitrogens is 2. The molecule has 1 aromatic heterocycles. The molecule has 5 nitrogen and oxygen atoms in total. The van der Waals surface area contributed by atoms with Crippen molar-refractivity contribution in [3.8, 4) is 11.4 Å². The van der Waals surface area contributed by atoms with E-state index in [-0.39, 0.29) is 0 Å². The largest absolute Gasteiger partial charge is 0.497 e. The fraction of sp³-hybridized carbons (Fsp3) is 0.423. The first kappa shape index (κ1) is 20.1. The highest BCUT2D eigenvalue weighted by atomic mass is 16.5. The summed E-state index contributed by atoms with van der Waals surface area (Å²) in [5, 5.41) is 8.87. The molecule has 5 rings (SSSR count). The molecular weight excluding hydrogens is 384 g/mol. The van der Waals surface area contributed by atoms with Gasteiger partial charge in [0.1, 0.15) is 11.6 Å². The van der Waals surface area contributed by atoms with Crippen molar-refractivity contribution in [1.82, 2.24) is 14.7 Å². The van der Waals surface area contributed by atoms with E-state index in [4.69, 9.17) is 9.84 Å². The van der Waals surface area contributed by atoms with Crippen molar-refractivity contribution in [1.29, 1.82) is 0 Å². The van der Waals surface area contributed by atoms with Crippen LogP contribution in [0.3, 0.4) is 0 Å². The summed E-state index contributed by atoms with van der Waals surface area (Å²) in [6.45, 7) is 4.34. The van der Waals surface area contributed by atoms with Gasteiger partial charge in [-0.2, -0.15) is 5.10 Å². The molecule has 0 aliphatic carbocycles. The average molecular weight is 417 g/mol. The lowest BCUT2D eigenvalue weighted by atomic mass is 9.90. The molecule has 2 aliphatic heterocycles. The molecule has 31 heavy (non-hydrogen) atoms. The summed E-state index contributed by atoms with van der Waals surface area (Å²) < 4.78 is 7.47. The van der Waals surface area contributed by atoms with E-state index in [0.717, 1.165) is 44.0 Å². The molecule has 0 saturated carbocycles. The second-order valence-corrected chi connectivity index (χ2v) is 8.74. The first-order chi connectivity index (χ1) is 15.3. The normalized spacial score (nSPS) is 17.6. The molecule has 1 saturated heterocycles. The average Bonchev–Trinajstić information content (AvgIpc) is 3.01. The molecule has 0 bridgehead atoms. The summed E-state index contributed by atoms with van der Waals surface area (Å²) in [7, 11) is 1.71. The Morgan fingerprint density at radius 2 is 1.77 bits per heavy atom. The molecule has 5 heteroatoms. The van der Waals surface area contributed by atoms with E-state index in [2.05, 4.69) is 57.4 Å². The number of fused-ring (bicyclic) bond motifs is 1. The van der Waals surface area contributed by atoms with Gasteiger partial charge in [-0.1, -0.05) is 30.3 Å². The Labute approximate surface area is 185 Å². The van der Waals surface area contributed by atoms with Gasteiger partial charge in [-0.25, -0.2) is 4.68 Å². The van der Waals surface area contributed by atoms with Crippen LogP contribution in [0, 0.1) is 0 Å². The molecule has 0 spiro atoms. The lowest BCUT2D eigenvalue weighted by Gasteiger charge is -2.31. The van der Waals surface area contributed by atoms with E-state index < -0.39 is 0 Å². The Morgan fingerprint density at radius 1 is 1.00 bits per heavy atom. The quantitative estimate of drug-likeness (QED) is 0.635. The summed E-state index contributed by atoms with van der Waals surface area (Å²) >= 11 is 0. The maximum Gasteiger partial charge on any atom is 0.133 e. The van der Waals surface area contributed by atoms with Gasteiger partial charge in [-0.05, 0) is 75.0 Å². The molecule has 162 valence electrons. The number of anilines is 1. The number of ether oxygens (including phenoxy) is 1. The van der Waals surface area contributed by atoms with Crippen molar-refractivity contribution in [2.24, 2.45) is 0 Å². The van der Waals surface area contributed by atoms with Crippen molar-refractivity contribution in [3.05, 3.63) is 71.4 Å². The number of nitrogens with one attached hydrogen (secondary N) is 1. The first-order valence-electron chi connectivity index (χ1n) is 11.6. The topological polar surface area (TPSA) is 42.3 Å². The first-order valence-corrected chi connectivity index (χ1v) is 11.6. The molecular formula is C26H32N4O. The summed E-state index contributed by atoms with van der Waals surface area (Å²) in [6, 6.07) is 19.1. The highest BCUT2D eigenvalue weighted by Crippen LogP contribution is 2.36. The van der Waals surface area contributed by atoms with E-state index in [1.807, 2.05) is 12.1 Å². The molecule has 3 aromatic rings. The van der Waals surface area contributed by atoms with Crippen molar-refractivity contribution in [2.75, 3.05) is 32.1 Å². The van der Waals surface area contributed by atoms with Gasteiger partial charge in [-0.3, -0.25) is 4.90 Å². The van der Waals surface area contributed by atoms with E-state index in [1.165, 1.54) is 48.3 Å². The Balaban J connectivity index is 1.37. The van der Waals surface area contributed by atoms with Gasteiger partial charge in [0.05, 0.1) is 18.5 Å². The number of likely N-dealkylation sites (tertiary alicyclic amines) is 1. The molecule has 0 radical (unpaired) electrons. The van der Waals surface area contributed by atoms with Crippen LogP contribution in [0.25, 0.3) is 5.69 Å². The highest BCUT2D eigenvalue weighted by molar-refractivity contribution is 5.55. The van der Waals surface area contributed by atoms with Crippen LogP contribution in [0.15, 0.2) is 54.6 Å². The fourth-order valence-electron chi connectivity index (χ4n) is 4.97. The highest BCUT2D eigenvalue weighted by Gasteiger charge is 2.29. The monoisotopic (exact) mass is 416 g/mol. The Hall–Kier alpha value is -2.79. The van der Waals surface area contributed by atoms with Gasteiger partial charge in [0.2, 0.25) is 0 Å². The number of hydrogen-bond acceptors (Lipinski definition) is 4. The van der Waals surface area contributed by atoms with Crippen LogP contribution in [-0.4, -0.2) is 41.4 Å². The van der Waals surface area contributed by atoms with Gasteiger partial charge < -0.3 is 10.1 Å². The van der Waals surface area contributed by atoms with Crippen LogP contribution in [0.1, 0.15) is 48.4 Å². The maximum absolute atomic E-state index is 5.34. The Morgan fingerprint density at radius 3 is 2.52 bits per heavy atom. The van der Waals surface area contributed by atoms with E-state index >= 15 is 0 Å². The van der Waals surface area contributed by atoms with Crippen molar-refractivity contribution in [3.63, 3.8) is 0 Å². The smallest absolute Gasteiger partial charge is 0.133 e. The molecule has 3 heterocycles. The van der Waals surface area contributed by atoms with Crippen molar-refractivity contribution < 1.29 is 4.74 Å². The number of hydrogen-bond donors (Lipinski definition) is 1. The number of piperidine rings is 1. The van der Waals surface area contributed by atoms with Gasteiger partial charge in [0.15, 0.2) is 0 Å². The van der Waals surface area contributed by atoms with Crippen LogP contribution >= 0.6 is 0 Å². The van der Waals surface area contributed by atoms with Gasteiger partial charge >= 0.3 is 0 Å². The third kappa shape index (κ3) is 4.33. The van der Waals surface area contributed by atoms with Crippen LogP contribution < -0.4 is 10.1 Å². The minimum Gasteiger partial charge on any atom is -0.497 e. The number of rotatable bonds is 5. The summed E-state index contributed by atoms with van der Waals surface area (Å²) in [4.78, 5) is 2.59. The fourth-order valence-corrected chi connectivity index (χ4v) is 4.97. The predicted octanol–water partition coefficient (Wildman–Crippen LogP) is 5.01. The predicted molar refractivity (Wildman–Crippen MR) is 125 cm³/mol. The van der Waals surface area contributed by atoms with Crippen LogP contribution in [0.4, 0.5) is 5.82 Å². The van der Waals surface area contributed by atoms with Crippen LogP contribution in [-0.2, 0) is 13.0 Å².